The third-order valence-corrected chi connectivity index (χ3v) is 3.11. The van der Waals surface area contributed by atoms with Crippen LogP contribution in [0.25, 0.3) is 0 Å². The van der Waals surface area contributed by atoms with Gasteiger partial charge in [-0.15, -0.1) is 0 Å². The number of benzene rings is 1. The fourth-order valence-electron chi connectivity index (χ4n) is 2.01. The lowest BCUT2D eigenvalue weighted by atomic mass is 10.1. The second-order valence-corrected chi connectivity index (χ2v) is 4.89. The van der Waals surface area contributed by atoms with E-state index in [1.807, 2.05) is 25.9 Å². The Morgan fingerprint density at radius 1 is 1.35 bits per heavy atom. The Balaban J connectivity index is 2.82. The first-order chi connectivity index (χ1) is 9.49. The van der Waals surface area contributed by atoms with Crippen molar-refractivity contribution in [3.05, 3.63) is 29.6 Å². The highest BCUT2D eigenvalue weighted by Crippen LogP contribution is 2.20. The molecule has 0 heterocycles. The Kier molecular flexibility index (Phi) is 6.24. The van der Waals surface area contributed by atoms with Crippen molar-refractivity contribution < 1.29 is 9.60 Å². The maximum atomic E-state index is 14.1. The highest BCUT2D eigenvalue weighted by Gasteiger charge is 2.12. The number of amidine groups is 1. The number of hydrogen-bond donors (Lipinski definition) is 2. The molecule has 0 saturated heterocycles. The van der Waals surface area contributed by atoms with Gasteiger partial charge in [0.2, 0.25) is 0 Å². The molecule has 20 heavy (non-hydrogen) atoms. The maximum absolute atomic E-state index is 14.1. The molecule has 0 saturated carbocycles. The van der Waals surface area contributed by atoms with E-state index >= 15 is 0 Å². The predicted octanol–water partition coefficient (Wildman–Crippen LogP) is 1.70. The predicted molar refractivity (Wildman–Crippen MR) is 80.0 cm³/mol. The lowest BCUT2D eigenvalue weighted by Gasteiger charge is -2.24. The van der Waals surface area contributed by atoms with E-state index in [9.17, 15) is 4.39 Å². The van der Waals surface area contributed by atoms with Crippen molar-refractivity contribution >= 4 is 11.5 Å². The minimum atomic E-state index is -0.360. The molecule has 0 amide bonds. The van der Waals surface area contributed by atoms with Crippen molar-refractivity contribution in [2.24, 2.45) is 10.9 Å². The van der Waals surface area contributed by atoms with Crippen molar-refractivity contribution in [3.8, 4) is 0 Å². The molecule has 1 aromatic carbocycles. The third-order valence-electron chi connectivity index (χ3n) is 3.11. The first kappa shape index (κ1) is 16.2. The van der Waals surface area contributed by atoms with E-state index in [0.29, 0.717) is 11.3 Å². The highest BCUT2D eigenvalue weighted by molar-refractivity contribution is 5.97. The van der Waals surface area contributed by atoms with Crippen LogP contribution in [-0.4, -0.2) is 49.7 Å². The number of anilines is 1. The Hall–Kier alpha value is -1.82. The van der Waals surface area contributed by atoms with E-state index in [0.717, 1.165) is 26.1 Å². The zero-order chi connectivity index (χ0) is 15.1. The Labute approximate surface area is 119 Å². The van der Waals surface area contributed by atoms with Crippen molar-refractivity contribution in [1.29, 1.82) is 0 Å². The summed E-state index contributed by atoms with van der Waals surface area (Å²) in [6.45, 7) is 4.47. The van der Waals surface area contributed by atoms with Crippen molar-refractivity contribution in [2.75, 3.05) is 38.6 Å². The zero-order valence-electron chi connectivity index (χ0n) is 12.3. The summed E-state index contributed by atoms with van der Waals surface area (Å²) in [7, 11) is 4.03. The van der Waals surface area contributed by atoms with Gasteiger partial charge in [-0.05, 0) is 52.2 Å². The van der Waals surface area contributed by atoms with E-state index in [1.165, 1.54) is 6.07 Å². The summed E-state index contributed by atoms with van der Waals surface area (Å²) < 4.78 is 14.1. The number of halogens is 1. The molecule has 0 aliphatic heterocycles. The first-order valence-electron chi connectivity index (χ1n) is 6.66. The van der Waals surface area contributed by atoms with E-state index in [2.05, 4.69) is 10.1 Å². The van der Waals surface area contributed by atoms with Crippen LogP contribution in [0.15, 0.2) is 23.4 Å². The van der Waals surface area contributed by atoms with Crippen LogP contribution in [-0.2, 0) is 0 Å². The minimum absolute atomic E-state index is 0.0916. The maximum Gasteiger partial charge on any atom is 0.170 e. The molecule has 5 nitrogen and oxygen atoms in total. The Morgan fingerprint density at radius 3 is 2.55 bits per heavy atom. The van der Waals surface area contributed by atoms with Crippen molar-refractivity contribution in [1.82, 2.24) is 4.90 Å². The monoisotopic (exact) mass is 282 g/mol. The molecule has 0 spiro atoms. The molecule has 6 heteroatoms. The SMILES string of the molecule is CCN(CCCN(C)C)c1ccc(/C(N)=N/O)cc1F. The van der Waals surface area contributed by atoms with Gasteiger partial charge in [0.15, 0.2) is 5.84 Å². The number of hydrogen-bond acceptors (Lipinski definition) is 4. The molecule has 0 aliphatic carbocycles. The Morgan fingerprint density at radius 2 is 2.05 bits per heavy atom. The molecule has 3 N–H and O–H groups in total. The summed E-state index contributed by atoms with van der Waals surface area (Å²) in [6.07, 6.45) is 0.961. The van der Waals surface area contributed by atoms with Crippen molar-refractivity contribution in [3.63, 3.8) is 0 Å². The molecule has 112 valence electrons. The second-order valence-electron chi connectivity index (χ2n) is 4.89. The molecule has 0 atom stereocenters. The van der Waals surface area contributed by atoms with Crippen LogP contribution in [0.5, 0.6) is 0 Å². The molecule has 0 bridgehead atoms. The lowest BCUT2D eigenvalue weighted by molar-refractivity contribution is 0.318. The summed E-state index contributed by atoms with van der Waals surface area (Å²) in [5, 5.41) is 11.5. The molecular formula is C14H23FN4O. The van der Waals surface area contributed by atoms with E-state index < -0.39 is 0 Å². The van der Waals surface area contributed by atoms with Crippen LogP contribution in [0.4, 0.5) is 10.1 Å². The molecule has 1 aromatic rings. The van der Waals surface area contributed by atoms with E-state index in [4.69, 9.17) is 10.9 Å². The van der Waals surface area contributed by atoms with Gasteiger partial charge in [0.05, 0.1) is 5.69 Å². The number of oxime groups is 1. The van der Waals surface area contributed by atoms with Crippen molar-refractivity contribution in [2.45, 2.75) is 13.3 Å². The van der Waals surface area contributed by atoms with Gasteiger partial charge in [-0.3, -0.25) is 0 Å². The average molecular weight is 282 g/mol. The largest absolute Gasteiger partial charge is 0.409 e. The quantitative estimate of drug-likeness (QED) is 0.346. The Bertz CT molecular complexity index is 462. The normalized spacial score (nSPS) is 11.9. The van der Waals surface area contributed by atoms with E-state index in [-0.39, 0.29) is 11.7 Å². The fourth-order valence-corrected chi connectivity index (χ4v) is 2.01. The number of rotatable bonds is 7. The summed E-state index contributed by atoms with van der Waals surface area (Å²) in [5.74, 6) is -0.452. The minimum Gasteiger partial charge on any atom is -0.409 e. The van der Waals surface area contributed by atoms with E-state index in [1.54, 1.807) is 12.1 Å². The molecule has 0 radical (unpaired) electrons. The standard InChI is InChI=1S/C14H23FN4O/c1-4-19(9-5-8-18(2)3)13-7-6-11(10-12(13)15)14(16)17-20/h6-7,10,20H,4-5,8-9H2,1-3H3,(H2,16,17). The summed E-state index contributed by atoms with van der Waals surface area (Å²) in [5.41, 5.74) is 6.37. The molecule has 0 aliphatic rings. The van der Waals surface area contributed by atoms with Crippen LogP contribution in [0.3, 0.4) is 0 Å². The molecule has 0 fully saturated rings. The van der Waals surface area contributed by atoms with Crippen LogP contribution in [0, 0.1) is 5.82 Å². The zero-order valence-corrected chi connectivity index (χ0v) is 12.3. The molecular weight excluding hydrogens is 259 g/mol. The lowest BCUT2D eigenvalue weighted by Crippen LogP contribution is -2.28. The van der Waals surface area contributed by atoms with Gasteiger partial charge in [-0.1, -0.05) is 5.16 Å². The molecule has 0 aromatic heterocycles. The van der Waals surface area contributed by atoms with Gasteiger partial charge in [0.1, 0.15) is 5.82 Å². The third kappa shape index (κ3) is 4.38. The second kappa shape index (κ2) is 7.69. The van der Waals surface area contributed by atoms with Crippen LogP contribution >= 0.6 is 0 Å². The van der Waals surface area contributed by atoms with Gasteiger partial charge < -0.3 is 20.7 Å². The van der Waals surface area contributed by atoms with Gasteiger partial charge in [-0.25, -0.2) is 4.39 Å². The van der Waals surface area contributed by atoms with Gasteiger partial charge >= 0.3 is 0 Å². The summed E-state index contributed by atoms with van der Waals surface area (Å²) >= 11 is 0. The van der Waals surface area contributed by atoms with Gasteiger partial charge in [-0.2, -0.15) is 0 Å². The van der Waals surface area contributed by atoms with Crippen LogP contribution < -0.4 is 10.6 Å². The van der Waals surface area contributed by atoms with Gasteiger partial charge in [0.25, 0.3) is 0 Å². The summed E-state index contributed by atoms with van der Waals surface area (Å²) in [4.78, 5) is 4.08. The van der Waals surface area contributed by atoms with Gasteiger partial charge in [0, 0.05) is 18.7 Å². The fraction of sp³-hybridized carbons (Fsp3) is 0.500. The smallest absolute Gasteiger partial charge is 0.170 e. The van der Waals surface area contributed by atoms with Crippen LogP contribution in [0.2, 0.25) is 0 Å². The average Bonchev–Trinajstić information content (AvgIpc) is 2.43. The van der Waals surface area contributed by atoms with Crippen LogP contribution in [0.1, 0.15) is 18.9 Å². The molecule has 0 unspecified atom stereocenters. The number of nitrogens with two attached hydrogens (primary N) is 1. The topological polar surface area (TPSA) is 65.1 Å². The molecule has 1 rings (SSSR count). The number of nitrogens with zero attached hydrogens (tertiary/aromatic N) is 3. The summed E-state index contributed by atoms with van der Waals surface area (Å²) in [6, 6.07) is 4.61. The highest BCUT2D eigenvalue weighted by atomic mass is 19.1. The first-order valence-corrected chi connectivity index (χ1v) is 6.66.